The molecule has 1 amide bonds. The number of carbonyl (C=O) groups is 2. The highest BCUT2D eigenvalue weighted by Crippen LogP contribution is 2.38. The van der Waals surface area contributed by atoms with Gasteiger partial charge in [0.25, 0.3) is 0 Å². The number of hydrogen-bond acceptors (Lipinski definition) is 3. The lowest BCUT2D eigenvalue weighted by Gasteiger charge is -2.20. The van der Waals surface area contributed by atoms with Crippen LogP contribution in [0.25, 0.3) is 0 Å². The van der Waals surface area contributed by atoms with Crippen molar-refractivity contribution in [3.05, 3.63) is 29.8 Å². The van der Waals surface area contributed by atoms with Crippen molar-refractivity contribution >= 4 is 29.3 Å². The number of carboxylic acids is 1. The smallest absolute Gasteiger partial charge is 0.312 e. The van der Waals surface area contributed by atoms with Gasteiger partial charge in [0.1, 0.15) is 5.92 Å². The number of rotatable bonds is 2. The molecule has 1 fully saturated rings. The fourth-order valence-corrected chi connectivity index (χ4v) is 3.99. The highest BCUT2D eigenvalue weighted by Gasteiger charge is 2.39. The van der Waals surface area contributed by atoms with Gasteiger partial charge in [-0.25, -0.2) is 0 Å². The molecule has 1 saturated heterocycles. The van der Waals surface area contributed by atoms with E-state index in [1.54, 1.807) is 16.7 Å². The SMILES string of the molecule is O=C(O)C1CN(C(=O)C2CCCS2)c2ccccc21. The third-order valence-electron chi connectivity index (χ3n) is 3.74. The maximum Gasteiger partial charge on any atom is 0.312 e. The summed E-state index contributed by atoms with van der Waals surface area (Å²) in [6, 6.07) is 7.33. The summed E-state index contributed by atoms with van der Waals surface area (Å²) in [6.07, 6.45) is 1.97. The summed E-state index contributed by atoms with van der Waals surface area (Å²) in [7, 11) is 0. The second kappa shape index (κ2) is 4.89. The number of fused-ring (bicyclic) bond motifs is 1. The van der Waals surface area contributed by atoms with Crippen LogP contribution in [0.15, 0.2) is 24.3 Å². The van der Waals surface area contributed by atoms with Crippen LogP contribution in [0.1, 0.15) is 24.3 Å². The molecule has 3 rings (SSSR count). The van der Waals surface area contributed by atoms with Crippen LogP contribution in [-0.4, -0.2) is 34.5 Å². The lowest BCUT2D eigenvalue weighted by Crippen LogP contribution is -2.36. The van der Waals surface area contributed by atoms with Crippen LogP contribution < -0.4 is 4.90 Å². The van der Waals surface area contributed by atoms with Gasteiger partial charge in [0.2, 0.25) is 5.91 Å². The number of nitrogens with zero attached hydrogens (tertiary/aromatic N) is 1. The summed E-state index contributed by atoms with van der Waals surface area (Å²) in [6.45, 7) is 0.268. The van der Waals surface area contributed by atoms with Crippen molar-refractivity contribution in [1.82, 2.24) is 0 Å². The number of hydrogen-bond donors (Lipinski definition) is 1. The van der Waals surface area contributed by atoms with Crippen molar-refractivity contribution in [2.24, 2.45) is 0 Å². The predicted molar refractivity (Wildman–Crippen MR) is 74.7 cm³/mol. The van der Waals surface area contributed by atoms with Gasteiger partial charge < -0.3 is 10.0 Å². The zero-order valence-corrected chi connectivity index (χ0v) is 11.2. The molecule has 100 valence electrons. The zero-order chi connectivity index (χ0) is 13.4. The first-order chi connectivity index (χ1) is 9.18. The number of amides is 1. The van der Waals surface area contributed by atoms with Gasteiger partial charge in [0.05, 0.1) is 5.25 Å². The second-order valence-electron chi connectivity index (χ2n) is 4.90. The molecule has 0 bridgehead atoms. The molecule has 0 saturated carbocycles. The lowest BCUT2D eigenvalue weighted by atomic mass is 10.0. The van der Waals surface area contributed by atoms with Gasteiger partial charge in [0.15, 0.2) is 0 Å². The van der Waals surface area contributed by atoms with E-state index in [2.05, 4.69) is 0 Å². The summed E-state index contributed by atoms with van der Waals surface area (Å²) >= 11 is 1.68. The van der Waals surface area contributed by atoms with Gasteiger partial charge in [-0.3, -0.25) is 9.59 Å². The normalized spacial score (nSPS) is 25.4. The highest BCUT2D eigenvalue weighted by atomic mass is 32.2. The summed E-state index contributed by atoms with van der Waals surface area (Å²) in [5, 5.41) is 9.28. The maximum atomic E-state index is 12.5. The standard InChI is InChI=1S/C14H15NO3S/c16-13(12-6-3-7-19-12)15-8-10(14(17)18)9-4-1-2-5-11(9)15/h1-2,4-5,10,12H,3,6-8H2,(H,17,18). The van der Waals surface area contributed by atoms with Crippen LogP contribution in [0, 0.1) is 0 Å². The van der Waals surface area contributed by atoms with Crippen molar-refractivity contribution in [3.63, 3.8) is 0 Å². The zero-order valence-electron chi connectivity index (χ0n) is 10.4. The molecular formula is C14H15NO3S. The molecule has 19 heavy (non-hydrogen) atoms. The first-order valence-corrected chi connectivity index (χ1v) is 7.48. The molecule has 1 N–H and O–H groups in total. The average Bonchev–Trinajstić information content (AvgIpc) is 3.05. The van der Waals surface area contributed by atoms with E-state index in [4.69, 9.17) is 0 Å². The molecule has 2 unspecified atom stereocenters. The van der Waals surface area contributed by atoms with E-state index < -0.39 is 11.9 Å². The molecule has 0 aromatic heterocycles. The van der Waals surface area contributed by atoms with Gasteiger partial charge in [-0.15, -0.1) is 11.8 Å². The Labute approximate surface area is 115 Å². The molecule has 0 spiro atoms. The topological polar surface area (TPSA) is 57.6 Å². The predicted octanol–water partition coefficient (Wildman–Crippen LogP) is 2.10. The van der Waals surface area contributed by atoms with E-state index in [0.29, 0.717) is 0 Å². The third kappa shape index (κ3) is 2.12. The van der Waals surface area contributed by atoms with Gasteiger partial charge >= 0.3 is 5.97 Å². The Bertz CT molecular complexity index is 525. The number of benzene rings is 1. The van der Waals surface area contributed by atoms with Crippen molar-refractivity contribution in [3.8, 4) is 0 Å². The fourth-order valence-electron chi connectivity index (χ4n) is 2.77. The van der Waals surface area contributed by atoms with E-state index in [1.807, 2.05) is 24.3 Å². The molecule has 2 aliphatic heterocycles. The monoisotopic (exact) mass is 277 g/mol. The van der Waals surface area contributed by atoms with Gasteiger partial charge in [0, 0.05) is 12.2 Å². The number of carboxylic acid groups (broad SMARTS) is 1. The molecule has 2 atom stereocenters. The Balaban J connectivity index is 1.91. The third-order valence-corrected chi connectivity index (χ3v) is 5.10. The van der Waals surface area contributed by atoms with Crippen LogP contribution in [0.5, 0.6) is 0 Å². The minimum absolute atomic E-state index is 0.000557. The van der Waals surface area contributed by atoms with Gasteiger partial charge in [-0.05, 0) is 30.2 Å². The molecule has 2 aliphatic rings. The number of thioether (sulfide) groups is 1. The first-order valence-electron chi connectivity index (χ1n) is 6.43. The van der Waals surface area contributed by atoms with Crippen molar-refractivity contribution in [2.45, 2.75) is 24.0 Å². The van der Waals surface area contributed by atoms with Crippen LogP contribution in [0.2, 0.25) is 0 Å². The highest BCUT2D eigenvalue weighted by molar-refractivity contribution is 8.00. The second-order valence-corrected chi connectivity index (χ2v) is 6.21. The Morgan fingerprint density at radius 1 is 1.32 bits per heavy atom. The quantitative estimate of drug-likeness (QED) is 0.899. The number of carbonyl (C=O) groups excluding carboxylic acids is 1. The summed E-state index contributed by atoms with van der Waals surface area (Å²) in [5.41, 5.74) is 1.53. The van der Waals surface area contributed by atoms with Crippen LogP contribution in [-0.2, 0) is 9.59 Å². The lowest BCUT2D eigenvalue weighted by molar-refractivity contribution is -0.138. The average molecular weight is 277 g/mol. The summed E-state index contributed by atoms with van der Waals surface area (Å²) < 4.78 is 0. The number of aliphatic carboxylic acids is 1. The number of para-hydroxylation sites is 1. The van der Waals surface area contributed by atoms with E-state index in [9.17, 15) is 14.7 Å². The van der Waals surface area contributed by atoms with E-state index >= 15 is 0 Å². The van der Waals surface area contributed by atoms with Gasteiger partial charge in [-0.1, -0.05) is 18.2 Å². The maximum absolute atomic E-state index is 12.5. The van der Waals surface area contributed by atoms with Crippen LogP contribution in [0.3, 0.4) is 0 Å². The molecule has 0 aliphatic carbocycles. The molecule has 2 heterocycles. The van der Waals surface area contributed by atoms with E-state index in [0.717, 1.165) is 29.8 Å². The van der Waals surface area contributed by atoms with Crippen molar-refractivity contribution < 1.29 is 14.7 Å². The molecule has 5 heteroatoms. The van der Waals surface area contributed by atoms with Gasteiger partial charge in [-0.2, -0.15) is 0 Å². The molecular weight excluding hydrogens is 262 g/mol. The molecule has 1 aromatic rings. The minimum atomic E-state index is -0.859. The molecule has 1 aromatic carbocycles. The Hall–Kier alpha value is -1.49. The Kier molecular flexibility index (Phi) is 3.22. The van der Waals surface area contributed by atoms with Crippen molar-refractivity contribution in [2.75, 3.05) is 17.2 Å². The molecule has 0 radical (unpaired) electrons. The largest absolute Gasteiger partial charge is 0.481 e. The van der Waals surface area contributed by atoms with E-state index in [1.165, 1.54) is 0 Å². The van der Waals surface area contributed by atoms with Crippen LogP contribution >= 0.6 is 11.8 Å². The Morgan fingerprint density at radius 2 is 2.11 bits per heavy atom. The first kappa shape index (κ1) is 12.5. The van der Waals surface area contributed by atoms with E-state index in [-0.39, 0.29) is 17.7 Å². The molecule has 4 nitrogen and oxygen atoms in total. The minimum Gasteiger partial charge on any atom is -0.481 e. The fraction of sp³-hybridized carbons (Fsp3) is 0.429. The summed E-state index contributed by atoms with van der Waals surface area (Å²) in [5.74, 6) is -0.360. The van der Waals surface area contributed by atoms with Crippen molar-refractivity contribution in [1.29, 1.82) is 0 Å². The number of anilines is 1. The Morgan fingerprint density at radius 3 is 2.79 bits per heavy atom. The van der Waals surface area contributed by atoms with Crippen LogP contribution in [0.4, 0.5) is 5.69 Å². The summed E-state index contributed by atoms with van der Waals surface area (Å²) in [4.78, 5) is 25.5.